The first-order valence-corrected chi connectivity index (χ1v) is 4.55. The van der Waals surface area contributed by atoms with Crippen molar-refractivity contribution in [1.29, 1.82) is 0 Å². The summed E-state index contributed by atoms with van der Waals surface area (Å²) in [5.74, 6) is 0. The largest absolute Gasteiger partial charge is 0.306 e. The molecule has 0 amide bonds. The van der Waals surface area contributed by atoms with Crippen molar-refractivity contribution in [2.75, 3.05) is 0 Å². The number of rotatable bonds is 0. The Morgan fingerprint density at radius 2 is 1.93 bits per heavy atom. The maximum Gasteiger partial charge on any atom is 0.294 e. The van der Waals surface area contributed by atoms with Crippen LogP contribution < -0.4 is 5.56 Å². The predicted octanol–water partition coefficient (Wildman–Crippen LogP) is 1.25. The Morgan fingerprint density at radius 3 is 2.57 bits per heavy atom. The van der Waals surface area contributed by atoms with E-state index >= 15 is 0 Å². The van der Waals surface area contributed by atoms with E-state index in [1.807, 2.05) is 27.0 Å². The Balaban J connectivity index is 2.81. The highest BCUT2D eigenvalue weighted by atomic mass is 16.1. The minimum Gasteiger partial charge on any atom is -0.306 e. The molecule has 0 unspecified atom stereocenters. The summed E-state index contributed by atoms with van der Waals surface area (Å²) in [5.41, 5.74) is 0.220. The van der Waals surface area contributed by atoms with E-state index in [-0.39, 0.29) is 11.1 Å². The zero-order valence-electron chi connectivity index (χ0n) is 8.56. The lowest BCUT2D eigenvalue weighted by Gasteiger charge is -2.21. The fraction of sp³-hybridized carbons (Fsp3) is 0.400. The molecule has 2 rings (SSSR count). The van der Waals surface area contributed by atoms with Gasteiger partial charge in [-0.2, -0.15) is 0 Å². The summed E-state index contributed by atoms with van der Waals surface area (Å²) in [7, 11) is 0. The molecular weight excluding hydrogens is 178 g/mol. The van der Waals surface area contributed by atoms with E-state index < -0.39 is 0 Å². The molecule has 0 aliphatic heterocycles. The second kappa shape index (κ2) is 2.70. The van der Waals surface area contributed by atoms with Crippen LogP contribution in [-0.2, 0) is 5.54 Å². The number of hydrogen-bond donors (Lipinski definition) is 0. The Kier molecular flexibility index (Phi) is 1.74. The standard InChI is InChI=1S/C10H13N3O/c1-10(2,3)13-7-6-12-5-4-11-8(12)9(13)14/h4-7H,1-3H3. The maximum atomic E-state index is 11.9. The quantitative estimate of drug-likeness (QED) is 0.628. The molecule has 0 aliphatic carbocycles. The summed E-state index contributed by atoms with van der Waals surface area (Å²) in [6, 6.07) is 0. The van der Waals surface area contributed by atoms with Crippen molar-refractivity contribution in [3.63, 3.8) is 0 Å². The highest BCUT2D eigenvalue weighted by Gasteiger charge is 2.15. The third-order valence-electron chi connectivity index (χ3n) is 2.18. The Hall–Kier alpha value is -1.58. The molecule has 0 saturated heterocycles. The lowest BCUT2D eigenvalue weighted by Crippen LogP contribution is -2.34. The van der Waals surface area contributed by atoms with Gasteiger partial charge in [-0.1, -0.05) is 0 Å². The SMILES string of the molecule is CC(C)(C)n1ccn2ccnc2c1=O. The van der Waals surface area contributed by atoms with Crippen LogP contribution in [0.2, 0.25) is 0 Å². The van der Waals surface area contributed by atoms with Gasteiger partial charge in [0, 0.05) is 30.3 Å². The molecule has 2 heterocycles. The third kappa shape index (κ3) is 1.23. The molecule has 4 heteroatoms. The fourth-order valence-electron chi connectivity index (χ4n) is 1.44. The van der Waals surface area contributed by atoms with Crippen LogP contribution in [-0.4, -0.2) is 14.0 Å². The molecule has 2 aromatic heterocycles. The Morgan fingerprint density at radius 1 is 1.21 bits per heavy atom. The van der Waals surface area contributed by atoms with Gasteiger partial charge in [-0.25, -0.2) is 4.98 Å². The first kappa shape index (κ1) is 8.99. The molecule has 0 radical (unpaired) electrons. The smallest absolute Gasteiger partial charge is 0.294 e. The molecule has 0 N–H and O–H groups in total. The Labute approximate surface area is 81.8 Å². The van der Waals surface area contributed by atoms with Gasteiger partial charge in [0.2, 0.25) is 5.65 Å². The van der Waals surface area contributed by atoms with Gasteiger partial charge in [-0.15, -0.1) is 0 Å². The van der Waals surface area contributed by atoms with Gasteiger partial charge in [-0.3, -0.25) is 4.79 Å². The highest BCUT2D eigenvalue weighted by molar-refractivity contribution is 5.34. The van der Waals surface area contributed by atoms with Crippen LogP contribution in [0, 0.1) is 0 Å². The van der Waals surface area contributed by atoms with Crippen molar-refractivity contribution >= 4 is 5.65 Å². The molecule has 0 aromatic carbocycles. The average molecular weight is 191 g/mol. The van der Waals surface area contributed by atoms with Crippen LogP contribution in [0.15, 0.2) is 29.6 Å². The minimum absolute atomic E-state index is 0.0509. The van der Waals surface area contributed by atoms with Crippen molar-refractivity contribution in [3.05, 3.63) is 35.1 Å². The van der Waals surface area contributed by atoms with Crippen molar-refractivity contribution in [1.82, 2.24) is 14.0 Å². The van der Waals surface area contributed by atoms with E-state index in [2.05, 4.69) is 4.98 Å². The molecule has 14 heavy (non-hydrogen) atoms. The van der Waals surface area contributed by atoms with E-state index in [0.29, 0.717) is 5.65 Å². The van der Waals surface area contributed by atoms with E-state index in [1.54, 1.807) is 27.6 Å². The molecule has 0 spiro atoms. The fourth-order valence-corrected chi connectivity index (χ4v) is 1.44. The second-order valence-electron chi connectivity index (χ2n) is 4.30. The second-order valence-corrected chi connectivity index (χ2v) is 4.30. The number of imidazole rings is 1. The summed E-state index contributed by atoms with van der Waals surface area (Å²) < 4.78 is 3.42. The molecule has 74 valence electrons. The van der Waals surface area contributed by atoms with Crippen molar-refractivity contribution in [3.8, 4) is 0 Å². The highest BCUT2D eigenvalue weighted by Crippen LogP contribution is 2.10. The van der Waals surface area contributed by atoms with Gasteiger partial charge >= 0.3 is 0 Å². The molecule has 4 nitrogen and oxygen atoms in total. The van der Waals surface area contributed by atoms with Crippen LogP contribution in [0.3, 0.4) is 0 Å². The van der Waals surface area contributed by atoms with Crippen LogP contribution >= 0.6 is 0 Å². The molecule has 0 bridgehead atoms. The van der Waals surface area contributed by atoms with E-state index in [4.69, 9.17) is 0 Å². The summed E-state index contributed by atoms with van der Waals surface area (Å²) in [5, 5.41) is 0. The summed E-state index contributed by atoms with van der Waals surface area (Å²) in [6.07, 6.45) is 7.03. The number of hydrogen-bond acceptors (Lipinski definition) is 2. The first-order chi connectivity index (χ1) is 6.50. The molecule has 2 aromatic rings. The average Bonchev–Trinajstić information content (AvgIpc) is 2.50. The number of aromatic nitrogens is 3. The van der Waals surface area contributed by atoms with Crippen molar-refractivity contribution in [2.24, 2.45) is 0 Å². The zero-order valence-corrected chi connectivity index (χ0v) is 8.56. The van der Waals surface area contributed by atoms with Crippen molar-refractivity contribution < 1.29 is 0 Å². The van der Waals surface area contributed by atoms with E-state index in [1.165, 1.54) is 0 Å². The molecule has 0 atom stereocenters. The third-order valence-corrected chi connectivity index (χ3v) is 2.18. The van der Waals surface area contributed by atoms with Crippen LogP contribution in [0.5, 0.6) is 0 Å². The molecular formula is C10H13N3O. The molecule has 0 aliphatic rings. The number of fused-ring (bicyclic) bond motifs is 1. The van der Waals surface area contributed by atoms with Crippen LogP contribution in [0.25, 0.3) is 5.65 Å². The summed E-state index contributed by atoms with van der Waals surface area (Å²) in [4.78, 5) is 15.9. The summed E-state index contributed by atoms with van der Waals surface area (Å²) in [6.45, 7) is 5.98. The summed E-state index contributed by atoms with van der Waals surface area (Å²) >= 11 is 0. The van der Waals surface area contributed by atoms with Gasteiger partial charge in [0.1, 0.15) is 0 Å². The molecule has 0 fully saturated rings. The monoisotopic (exact) mass is 191 g/mol. The van der Waals surface area contributed by atoms with Crippen molar-refractivity contribution in [2.45, 2.75) is 26.3 Å². The zero-order chi connectivity index (χ0) is 10.3. The number of nitrogens with zero attached hydrogens (tertiary/aromatic N) is 3. The molecule has 0 saturated carbocycles. The van der Waals surface area contributed by atoms with Gasteiger partial charge in [-0.05, 0) is 20.8 Å². The maximum absolute atomic E-state index is 11.9. The lowest BCUT2D eigenvalue weighted by atomic mass is 10.1. The normalized spacial score (nSPS) is 12.2. The first-order valence-electron chi connectivity index (χ1n) is 4.55. The van der Waals surface area contributed by atoms with Crippen LogP contribution in [0.4, 0.5) is 0 Å². The topological polar surface area (TPSA) is 39.3 Å². The minimum atomic E-state index is -0.204. The van der Waals surface area contributed by atoms with Gasteiger partial charge < -0.3 is 8.97 Å². The Bertz CT molecular complexity index is 516. The van der Waals surface area contributed by atoms with Gasteiger partial charge in [0.05, 0.1) is 0 Å². The van der Waals surface area contributed by atoms with E-state index in [9.17, 15) is 4.79 Å². The predicted molar refractivity (Wildman–Crippen MR) is 54.4 cm³/mol. The van der Waals surface area contributed by atoms with Crippen LogP contribution in [0.1, 0.15) is 20.8 Å². The van der Waals surface area contributed by atoms with E-state index in [0.717, 1.165) is 0 Å². The van der Waals surface area contributed by atoms with Gasteiger partial charge in [0.25, 0.3) is 5.56 Å². The van der Waals surface area contributed by atoms with Gasteiger partial charge in [0.15, 0.2) is 0 Å². The lowest BCUT2D eigenvalue weighted by molar-refractivity contribution is 0.383.